The maximum atomic E-state index is 13.3. The summed E-state index contributed by atoms with van der Waals surface area (Å²) in [7, 11) is 0. The standard InChI is InChI=1S/C14H18FNO.C2H6/c1-10-7-8-12(9-13(10)15)16-14(17)11-5-3-2-4-6-11;1-2/h7-9,11H,2-6H2,1H3,(H,16,17);1-2H3. The molecule has 3 heteroatoms. The first kappa shape index (κ1) is 15.7. The number of aryl methyl sites for hydroxylation is 1. The quantitative estimate of drug-likeness (QED) is 0.826. The number of rotatable bonds is 2. The summed E-state index contributed by atoms with van der Waals surface area (Å²) in [4.78, 5) is 11.9. The number of benzene rings is 1. The number of anilines is 1. The average Bonchev–Trinajstić information content (AvgIpc) is 2.46. The highest BCUT2D eigenvalue weighted by Crippen LogP contribution is 2.25. The number of nitrogens with one attached hydrogen (secondary N) is 1. The van der Waals surface area contributed by atoms with Gasteiger partial charge in [-0.1, -0.05) is 39.2 Å². The molecule has 2 nitrogen and oxygen atoms in total. The lowest BCUT2D eigenvalue weighted by molar-refractivity contribution is -0.120. The Bertz CT molecular complexity index is 411. The summed E-state index contributed by atoms with van der Waals surface area (Å²) in [6.07, 6.45) is 5.39. The van der Waals surface area contributed by atoms with Gasteiger partial charge in [0.1, 0.15) is 5.82 Å². The second-order valence-corrected chi connectivity index (χ2v) is 4.79. The van der Waals surface area contributed by atoms with Gasteiger partial charge in [0.05, 0.1) is 0 Å². The van der Waals surface area contributed by atoms with Crippen molar-refractivity contribution >= 4 is 11.6 Å². The Morgan fingerprint density at radius 2 is 1.84 bits per heavy atom. The second-order valence-electron chi connectivity index (χ2n) is 4.79. The van der Waals surface area contributed by atoms with E-state index < -0.39 is 0 Å². The van der Waals surface area contributed by atoms with Crippen LogP contribution in [0.25, 0.3) is 0 Å². The molecule has 0 unspecified atom stereocenters. The first-order valence-corrected chi connectivity index (χ1v) is 7.24. The molecule has 106 valence electrons. The number of halogens is 1. The molecule has 1 aliphatic carbocycles. The predicted octanol–water partition coefficient (Wildman–Crippen LogP) is 4.68. The average molecular weight is 265 g/mol. The smallest absolute Gasteiger partial charge is 0.227 e. The Morgan fingerprint density at radius 1 is 1.21 bits per heavy atom. The molecule has 2 rings (SSSR count). The normalized spacial score (nSPS) is 15.4. The van der Waals surface area contributed by atoms with Crippen LogP contribution in [0.5, 0.6) is 0 Å². The van der Waals surface area contributed by atoms with Crippen LogP contribution in [-0.2, 0) is 4.79 Å². The third-order valence-electron chi connectivity index (χ3n) is 3.42. The third-order valence-corrected chi connectivity index (χ3v) is 3.42. The molecular formula is C16H24FNO. The molecule has 0 aliphatic heterocycles. The summed E-state index contributed by atoms with van der Waals surface area (Å²) in [5.41, 5.74) is 1.16. The van der Waals surface area contributed by atoms with Gasteiger partial charge >= 0.3 is 0 Å². The lowest BCUT2D eigenvalue weighted by Crippen LogP contribution is -2.24. The molecule has 1 aromatic carbocycles. The molecule has 0 heterocycles. The summed E-state index contributed by atoms with van der Waals surface area (Å²) in [6.45, 7) is 5.71. The molecule has 1 aromatic rings. The molecule has 0 radical (unpaired) electrons. The van der Waals surface area contributed by atoms with E-state index in [2.05, 4.69) is 5.32 Å². The van der Waals surface area contributed by atoms with Gasteiger partial charge in [0.2, 0.25) is 5.91 Å². The Kier molecular flexibility index (Phi) is 6.54. The molecule has 0 atom stereocenters. The molecule has 1 fully saturated rings. The topological polar surface area (TPSA) is 29.1 Å². The minimum Gasteiger partial charge on any atom is -0.326 e. The van der Waals surface area contributed by atoms with E-state index >= 15 is 0 Å². The van der Waals surface area contributed by atoms with Gasteiger partial charge in [-0.15, -0.1) is 0 Å². The molecule has 1 amide bonds. The van der Waals surface area contributed by atoms with Gasteiger partial charge in [-0.25, -0.2) is 4.39 Å². The van der Waals surface area contributed by atoms with Crippen LogP contribution in [0.15, 0.2) is 18.2 Å². The molecule has 1 saturated carbocycles. The molecule has 0 saturated heterocycles. The van der Waals surface area contributed by atoms with E-state index in [0.29, 0.717) is 11.3 Å². The molecule has 19 heavy (non-hydrogen) atoms. The predicted molar refractivity (Wildman–Crippen MR) is 77.7 cm³/mol. The summed E-state index contributed by atoms with van der Waals surface area (Å²) in [5.74, 6) is -0.132. The van der Waals surface area contributed by atoms with E-state index in [1.165, 1.54) is 12.5 Å². The van der Waals surface area contributed by atoms with Crippen molar-refractivity contribution < 1.29 is 9.18 Å². The van der Waals surface area contributed by atoms with Crippen LogP contribution < -0.4 is 5.32 Å². The Balaban J connectivity index is 0.000000861. The van der Waals surface area contributed by atoms with E-state index in [1.807, 2.05) is 13.8 Å². The van der Waals surface area contributed by atoms with Crippen LogP contribution in [0.3, 0.4) is 0 Å². The molecule has 0 spiro atoms. The zero-order valence-electron chi connectivity index (χ0n) is 12.1. The Hall–Kier alpha value is -1.38. The van der Waals surface area contributed by atoms with Crippen LogP contribution in [0.2, 0.25) is 0 Å². The highest BCUT2D eigenvalue weighted by Gasteiger charge is 2.21. The van der Waals surface area contributed by atoms with Gasteiger partial charge in [-0.05, 0) is 37.5 Å². The van der Waals surface area contributed by atoms with Crippen LogP contribution >= 0.6 is 0 Å². The van der Waals surface area contributed by atoms with E-state index in [4.69, 9.17) is 0 Å². The van der Waals surface area contributed by atoms with Gasteiger partial charge in [-0.2, -0.15) is 0 Å². The SMILES string of the molecule is CC.Cc1ccc(NC(=O)C2CCCCC2)cc1F. The molecule has 1 aliphatic rings. The number of amides is 1. The van der Waals surface area contributed by atoms with Crippen LogP contribution in [-0.4, -0.2) is 5.91 Å². The zero-order chi connectivity index (χ0) is 14.3. The maximum Gasteiger partial charge on any atom is 0.227 e. The third kappa shape index (κ3) is 4.66. The Labute approximate surface area is 115 Å². The first-order chi connectivity index (χ1) is 9.16. The highest BCUT2D eigenvalue weighted by atomic mass is 19.1. The lowest BCUT2D eigenvalue weighted by Gasteiger charge is -2.20. The second kappa shape index (κ2) is 7.93. The van der Waals surface area contributed by atoms with E-state index in [0.717, 1.165) is 25.7 Å². The fourth-order valence-corrected chi connectivity index (χ4v) is 2.28. The van der Waals surface area contributed by atoms with Gasteiger partial charge in [0.25, 0.3) is 0 Å². The molecule has 0 bridgehead atoms. The lowest BCUT2D eigenvalue weighted by atomic mass is 9.88. The van der Waals surface area contributed by atoms with Crippen molar-refractivity contribution in [2.24, 2.45) is 5.92 Å². The van der Waals surface area contributed by atoms with Gasteiger partial charge in [0.15, 0.2) is 0 Å². The number of carbonyl (C=O) groups is 1. The fraction of sp³-hybridized carbons (Fsp3) is 0.562. The van der Waals surface area contributed by atoms with Crippen molar-refractivity contribution in [3.8, 4) is 0 Å². The molecular weight excluding hydrogens is 241 g/mol. The van der Waals surface area contributed by atoms with E-state index in [9.17, 15) is 9.18 Å². The fourth-order valence-electron chi connectivity index (χ4n) is 2.28. The van der Waals surface area contributed by atoms with Crippen molar-refractivity contribution in [3.63, 3.8) is 0 Å². The minimum absolute atomic E-state index is 0.0351. The summed E-state index contributed by atoms with van der Waals surface area (Å²) in [5, 5.41) is 2.80. The van der Waals surface area contributed by atoms with Gasteiger partial charge in [0, 0.05) is 11.6 Å². The highest BCUT2D eigenvalue weighted by molar-refractivity contribution is 5.92. The van der Waals surface area contributed by atoms with Crippen molar-refractivity contribution in [2.45, 2.75) is 52.9 Å². The van der Waals surface area contributed by atoms with Crippen LogP contribution in [0.1, 0.15) is 51.5 Å². The largest absolute Gasteiger partial charge is 0.326 e. The summed E-state index contributed by atoms with van der Waals surface area (Å²) in [6, 6.07) is 4.82. The van der Waals surface area contributed by atoms with Gasteiger partial charge < -0.3 is 5.32 Å². The monoisotopic (exact) mass is 265 g/mol. The van der Waals surface area contributed by atoms with E-state index in [1.54, 1.807) is 19.1 Å². The van der Waals surface area contributed by atoms with Gasteiger partial charge in [-0.3, -0.25) is 4.79 Å². The molecule has 1 N–H and O–H groups in total. The van der Waals surface area contributed by atoms with Crippen molar-refractivity contribution in [3.05, 3.63) is 29.6 Å². The summed E-state index contributed by atoms with van der Waals surface area (Å²) >= 11 is 0. The van der Waals surface area contributed by atoms with Crippen LogP contribution in [0, 0.1) is 18.7 Å². The maximum absolute atomic E-state index is 13.3. The van der Waals surface area contributed by atoms with Crippen molar-refractivity contribution in [1.82, 2.24) is 0 Å². The number of hydrogen-bond acceptors (Lipinski definition) is 1. The number of hydrogen-bond donors (Lipinski definition) is 1. The zero-order valence-corrected chi connectivity index (χ0v) is 12.1. The summed E-state index contributed by atoms with van der Waals surface area (Å²) < 4.78 is 13.3. The van der Waals surface area contributed by atoms with E-state index in [-0.39, 0.29) is 17.6 Å². The van der Waals surface area contributed by atoms with Crippen LogP contribution in [0.4, 0.5) is 10.1 Å². The Morgan fingerprint density at radius 3 is 2.42 bits per heavy atom. The first-order valence-electron chi connectivity index (χ1n) is 7.24. The van der Waals surface area contributed by atoms with Crippen molar-refractivity contribution in [1.29, 1.82) is 0 Å². The molecule has 0 aromatic heterocycles. The minimum atomic E-state index is -0.272. The number of carbonyl (C=O) groups excluding carboxylic acids is 1. The van der Waals surface area contributed by atoms with Crippen molar-refractivity contribution in [2.75, 3.05) is 5.32 Å².